The molecule has 2 N–H and O–H groups in total. The van der Waals surface area contributed by atoms with Gasteiger partial charge in [0.05, 0.1) is 19.2 Å². The first-order chi connectivity index (χ1) is 13.8. The molecule has 2 atom stereocenters. The summed E-state index contributed by atoms with van der Waals surface area (Å²) in [6.45, 7) is 1.97. The second-order valence-electron chi connectivity index (χ2n) is 6.99. The molecule has 2 amide bonds. The first-order valence-electron chi connectivity index (χ1n) is 8.90. The molecule has 30 heavy (non-hydrogen) atoms. The maximum absolute atomic E-state index is 13.7. The predicted octanol–water partition coefficient (Wildman–Crippen LogP) is 0.582. The molecular weight excluding hydrogens is 411 g/mol. The first kappa shape index (κ1) is 22.4. The number of hydrogen-bond donors (Lipinski definition) is 2. The van der Waals surface area contributed by atoms with Gasteiger partial charge < -0.3 is 24.6 Å². The Morgan fingerprint density at radius 2 is 2.07 bits per heavy atom. The van der Waals surface area contributed by atoms with Crippen LogP contribution >= 0.6 is 0 Å². The van der Waals surface area contributed by atoms with Gasteiger partial charge in [-0.05, 0) is 13.0 Å². The van der Waals surface area contributed by atoms with Crippen LogP contribution in [0.25, 0.3) is 0 Å². The molecule has 1 aromatic heterocycles. The van der Waals surface area contributed by atoms with Gasteiger partial charge in [-0.1, -0.05) is 6.07 Å². The molecule has 153 valence electrons. The number of carbonyl (C=O) groups is 2. The SMILES string of the molecule is C[C@@H]1CO[C@H]2Cn3cc(C(=O)NCc4ccc(F)cc4F)c(=O)c(O)c3C(=O)N12.[Na]. The predicted molar refractivity (Wildman–Crippen MR) is 101 cm³/mol. The molecule has 0 aliphatic carbocycles. The number of halogens is 2. The van der Waals surface area contributed by atoms with Gasteiger partial charge in [-0.3, -0.25) is 14.4 Å². The summed E-state index contributed by atoms with van der Waals surface area (Å²) in [5.74, 6) is -3.83. The molecule has 0 bridgehead atoms. The van der Waals surface area contributed by atoms with E-state index in [1.54, 1.807) is 6.92 Å². The van der Waals surface area contributed by atoms with Crippen LogP contribution in [-0.2, 0) is 17.8 Å². The summed E-state index contributed by atoms with van der Waals surface area (Å²) in [7, 11) is 0. The fourth-order valence-electron chi connectivity index (χ4n) is 3.57. The van der Waals surface area contributed by atoms with E-state index in [9.17, 15) is 28.3 Å². The monoisotopic (exact) mass is 428 g/mol. The molecule has 2 aromatic rings. The fourth-order valence-corrected chi connectivity index (χ4v) is 3.57. The minimum atomic E-state index is -1.01. The number of benzene rings is 1. The number of aromatic hydroxyl groups is 1. The zero-order chi connectivity index (χ0) is 20.9. The topological polar surface area (TPSA) is 101 Å². The van der Waals surface area contributed by atoms with Gasteiger partial charge in [-0.15, -0.1) is 0 Å². The van der Waals surface area contributed by atoms with Crippen molar-refractivity contribution in [2.24, 2.45) is 0 Å². The minimum absolute atomic E-state index is 0. The summed E-state index contributed by atoms with van der Waals surface area (Å²) < 4.78 is 33.6. The first-order valence-corrected chi connectivity index (χ1v) is 8.90. The van der Waals surface area contributed by atoms with Crippen LogP contribution in [0.1, 0.15) is 33.3 Å². The number of ether oxygens (including phenoxy) is 1. The van der Waals surface area contributed by atoms with Crippen molar-refractivity contribution >= 4 is 41.4 Å². The molecule has 3 heterocycles. The van der Waals surface area contributed by atoms with E-state index in [2.05, 4.69) is 5.32 Å². The van der Waals surface area contributed by atoms with Gasteiger partial charge in [0.2, 0.25) is 5.43 Å². The van der Waals surface area contributed by atoms with Gasteiger partial charge in [0.25, 0.3) is 11.8 Å². The number of aromatic nitrogens is 1. The molecule has 8 nitrogen and oxygen atoms in total. The Hall–Kier alpha value is -2.27. The van der Waals surface area contributed by atoms with Crippen LogP contribution in [0, 0.1) is 11.6 Å². The number of pyridine rings is 1. The van der Waals surface area contributed by atoms with E-state index < -0.39 is 46.4 Å². The van der Waals surface area contributed by atoms with Crippen LogP contribution in [-0.4, -0.2) is 74.8 Å². The van der Waals surface area contributed by atoms with Gasteiger partial charge in [0.1, 0.15) is 17.2 Å². The standard InChI is InChI=1S/C19H17F2N3O5.Na/c1-9-8-29-14-7-23-6-12(16(25)17(26)15(23)19(28)24(9)14)18(27)22-5-10-2-3-11(20)4-13(10)21;/h2-4,6,9,14,26H,5,7-8H2,1H3,(H,22,27);/t9-,14+;/m1./s1. The molecule has 4 rings (SSSR count). The average molecular weight is 428 g/mol. The second kappa shape index (κ2) is 8.46. The maximum atomic E-state index is 13.7. The van der Waals surface area contributed by atoms with E-state index in [4.69, 9.17) is 4.74 Å². The van der Waals surface area contributed by atoms with Gasteiger partial charge >= 0.3 is 0 Å². The minimum Gasteiger partial charge on any atom is -0.503 e. The third-order valence-corrected chi connectivity index (χ3v) is 5.06. The molecule has 0 unspecified atom stereocenters. The van der Waals surface area contributed by atoms with Crippen molar-refractivity contribution in [1.29, 1.82) is 0 Å². The largest absolute Gasteiger partial charge is 0.503 e. The number of amides is 2. The summed E-state index contributed by atoms with van der Waals surface area (Å²) in [5.41, 5.74) is -1.58. The summed E-state index contributed by atoms with van der Waals surface area (Å²) in [4.78, 5) is 39.1. The van der Waals surface area contributed by atoms with Crippen molar-refractivity contribution in [2.75, 3.05) is 6.61 Å². The Kier molecular flexibility index (Phi) is 6.32. The van der Waals surface area contributed by atoms with Crippen molar-refractivity contribution in [3.05, 3.63) is 63.1 Å². The third kappa shape index (κ3) is 3.76. The maximum Gasteiger partial charge on any atom is 0.276 e. The summed E-state index contributed by atoms with van der Waals surface area (Å²) in [6.07, 6.45) is 0.617. The van der Waals surface area contributed by atoms with Crippen molar-refractivity contribution in [3.8, 4) is 5.75 Å². The Morgan fingerprint density at radius 1 is 1.33 bits per heavy atom. The van der Waals surface area contributed by atoms with Crippen LogP contribution in [0.4, 0.5) is 8.78 Å². The zero-order valence-corrected chi connectivity index (χ0v) is 18.3. The molecule has 1 radical (unpaired) electrons. The second-order valence-corrected chi connectivity index (χ2v) is 6.99. The summed E-state index contributed by atoms with van der Waals surface area (Å²) in [6, 6.07) is 2.70. The number of nitrogens with zero attached hydrogens (tertiary/aromatic N) is 2. The quantitative estimate of drug-likeness (QED) is 0.697. The molecule has 2 aliphatic heterocycles. The number of nitrogens with one attached hydrogen (secondary N) is 1. The van der Waals surface area contributed by atoms with E-state index in [0.717, 1.165) is 6.07 Å². The molecule has 1 fully saturated rings. The Balaban J connectivity index is 0.00000256. The van der Waals surface area contributed by atoms with Crippen LogP contribution in [0.5, 0.6) is 5.75 Å². The van der Waals surface area contributed by atoms with Gasteiger partial charge in [0.15, 0.2) is 17.7 Å². The number of carbonyl (C=O) groups excluding carboxylic acids is 2. The molecule has 11 heteroatoms. The van der Waals surface area contributed by atoms with Crippen LogP contribution in [0.3, 0.4) is 0 Å². The smallest absolute Gasteiger partial charge is 0.276 e. The van der Waals surface area contributed by atoms with E-state index in [0.29, 0.717) is 12.7 Å². The van der Waals surface area contributed by atoms with Crippen LogP contribution in [0.15, 0.2) is 29.2 Å². The molecule has 0 saturated carbocycles. The average Bonchev–Trinajstić information content (AvgIpc) is 3.04. The summed E-state index contributed by atoms with van der Waals surface area (Å²) >= 11 is 0. The van der Waals surface area contributed by atoms with Crippen molar-refractivity contribution in [3.63, 3.8) is 0 Å². The molecule has 1 aromatic carbocycles. The van der Waals surface area contributed by atoms with E-state index in [1.165, 1.54) is 21.7 Å². The molecule has 0 spiro atoms. The molecule has 1 saturated heterocycles. The third-order valence-electron chi connectivity index (χ3n) is 5.06. The van der Waals surface area contributed by atoms with Gasteiger partial charge in [-0.2, -0.15) is 0 Å². The Morgan fingerprint density at radius 3 is 2.77 bits per heavy atom. The van der Waals surface area contributed by atoms with E-state index >= 15 is 0 Å². The Bertz CT molecular complexity index is 1090. The van der Waals surface area contributed by atoms with Gasteiger partial charge in [-0.25, -0.2) is 8.78 Å². The summed E-state index contributed by atoms with van der Waals surface area (Å²) in [5, 5.41) is 12.7. The van der Waals surface area contributed by atoms with Gasteiger partial charge in [0, 0.05) is 53.9 Å². The molecular formula is C19H17F2N3NaO5. The number of fused-ring (bicyclic) bond motifs is 2. The van der Waals surface area contributed by atoms with Crippen molar-refractivity contribution in [1.82, 2.24) is 14.8 Å². The molecule has 2 aliphatic rings. The van der Waals surface area contributed by atoms with Crippen molar-refractivity contribution in [2.45, 2.75) is 32.3 Å². The van der Waals surface area contributed by atoms with E-state index in [1.807, 2.05) is 0 Å². The number of hydrogen-bond acceptors (Lipinski definition) is 5. The number of rotatable bonds is 3. The van der Waals surface area contributed by atoms with Crippen molar-refractivity contribution < 1.29 is 28.2 Å². The van der Waals surface area contributed by atoms with Crippen LogP contribution < -0.4 is 10.7 Å². The fraction of sp³-hybridized carbons (Fsp3) is 0.316. The van der Waals surface area contributed by atoms with E-state index in [-0.39, 0.29) is 59.9 Å². The normalized spacial score (nSPS) is 19.7. The zero-order valence-electron chi connectivity index (χ0n) is 16.3. The van der Waals surface area contributed by atoms with Crippen LogP contribution in [0.2, 0.25) is 0 Å². The Labute approximate surface area is 191 Å².